The van der Waals surface area contributed by atoms with Gasteiger partial charge in [0.1, 0.15) is 43.5 Å². The molecule has 0 spiro atoms. The Labute approximate surface area is 365 Å². The van der Waals surface area contributed by atoms with Crippen LogP contribution in [0.15, 0.2) is 79.9 Å². The maximum Gasteiger partial charge on any atom is 0.330 e. The molecule has 2 heterocycles. The van der Waals surface area contributed by atoms with E-state index in [4.69, 9.17) is 56.8 Å². The smallest absolute Gasteiger partial charge is 0.330 e. The molecule has 10 atom stereocenters. The predicted octanol–water partition coefficient (Wildman–Crippen LogP) is 4.15. The molecule has 0 aliphatic carbocycles. The molecule has 0 bridgehead atoms. The lowest BCUT2D eigenvalue weighted by molar-refractivity contribution is -0.359. The molecule has 2 aromatic carbocycles. The Balaban J connectivity index is 1.69. The third-order valence-corrected chi connectivity index (χ3v) is 9.13. The van der Waals surface area contributed by atoms with E-state index in [1.165, 1.54) is 19.1 Å². The van der Waals surface area contributed by atoms with Gasteiger partial charge in [0.2, 0.25) is 0 Å². The molecule has 18 heteroatoms. The molecule has 0 N–H and O–H groups in total. The van der Waals surface area contributed by atoms with E-state index in [0.29, 0.717) is 36.7 Å². The van der Waals surface area contributed by atoms with Crippen LogP contribution in [0.3, 0.4) is 0 Å². The lowest BCUT2D eigenvalue weighted by atomic mass is 9.96. The highest BCUT2D eigenvalue weighted by Crippen LogP contribution is 2.35. The molecule has 0 radical (unpaired) electrons. The summed E-state index contributed by atoms with van der Waals surface area (Å²) in [6.07, 6.45) is -8.25. The first kappa shape index (κ1) is 49.6. The maximum atomic E-state index is 13.1. The fraction of sp³-hybridized carbons (Fsp3) is 0.467. The first-order chi connectivity index (χ1) is 30.1. The average Bonchev–Trinajstić information content (AvgIpc) is 3.22. The summed E-state index contributed by atoms with van der Waals surface area (Å²) in [5.41, 5.74) is 1.50. The van der Waals surface area contributed by atoms with Crippen LogP contribution < -0.4 is 9.47 Å². The van der Waals surface area contributed by atoms with Gasteiger partial charge in [0.05, 0.1) is 12.7 Å². The van der Waals surface area contributed by atoms with Crippen molar-refractivity contribution in [1.82, 2.24) is 0 Å². The summed E-state index contributed by atoms with van der Waals surface area (Å²) in [5.74, 6) is -3.65. The van der Waals surface area contributed by atoms with E-state index in [1.807, 2.05) is 12.1 Å². The van der Waals surface area contributed by atoms with Crippen LogP contribution in [0.1, 0.15) is 52.7 Å². The second-order valence-corrected chi connectivity index (χ2v) is 14.2. The van der Waals surface area contributed by atoms with Gasteiger partial charge < -0.3 is 56.8 Å². The lowest BCUT2D eigenvalue weighted by Crippen LogP contribution is -2.66. The van der Waals surface area contributed by atoms with E-state index in [0.717, 1.165) is 40.2 Å². The van der Waals surface area contributed by atoms with E-state index in [9.17, 15) is 28.8 Å². The van der Waals surface area contributed by atoms with Crippen molar-refractivity contribution >= 4 is 41.9 Å². The van der Waals surface area contributed by atoms with Gasteiger partial charge in [-0.25, -0.2) is 4.79 Å². The van der Waals surface area contributed by atoms with Gasteiger partial charge in [-0.05, 0) is 54.8 Å². The predicted molar refractivity (Wildman–Crippen MR) is 220 cm³/mol. The van der Waals surface area contributed by atoms with E-state index >= 15 is 0 Å². The Hall–Kier alpha value is -6.08. The second-order valence-electron chi connectivity index (χ2n) is 14.2. The van der Waals surface area contributed by atoms with E-state index < -0.39 is 104 Å². The second kappa shape index (κ2) is 24.5. The summed E-state index contributed by atoms with van der Waals surface area (Å²) in [7, 11) is 0. The topological polar surface area (TPSA) is 213 Å². The van der Waals surface area contributed by atoms with Gasteiger partial charge in [0.25, 0.3) is 0 Å². The third-order valence-electron chi connectivity index (χ3n) is 9.13. The monoisotopic (exact) mass is 882 g/mol. The van der Waals surface area contributed by atoms with Crippen LogP contribution in [-0.2, 0) is 82.6 Å². The van der Waals surface area contributed by atoms with Gasteiger partial charge in [0, 0.05) is 40.7 Å². The number of carbonyl (C=O) groups is 6. The van der Waals surface area contributed by atoms with Crippen molar-refractivity contribution in [3.05, 3.63) is 91.0 Å². The fourth-order valence-electron chi connectivity index (χ4n) is 6.59. The number of hydrogen-bond acceptors (Lipinski definition) is 18. The molecular weight excluding hydrogens is 828 g/mol. The molecule has 0 amide bonds. The van der Waals surface area contributed by atoms with Gasteiger partial charge in [-0.15, -0.1) is 0 Å². The van der Waals surface area contributed by atoms with Gasteiger partial charge >= 0.3 is 35.8 Å². The number of ether oxygens (including phenoxy) is 12. The summed E-state index contributed by atoms with van der Waals surface area (Å²) in [6.45, 7) is 14.4. The SMILES string of the molecule is C=CCOc1ccc(/C=C/C(=O)OC[C@H]2O[C@@H](OCCc3ccc(OCC=C)cc3)[C@H](OC(C)=O)[C@@H](O[C@@H]3O[C@@H](C)[C@H](OC(C)=O)[C@@H](OC(C)=O)[C@H]3OC(C)=O)[C@@H]2OC(C)=O)cc1. The zero-order chi connectivity index (χ0) is 46.1. The van der Waals surface area contributed by atoms with Gasteiger partial charge in [0.15, 0.2) is 43.1 Å². The number of rotatable bonds is 21. The van der Waals surface area contributed by atoms with E-state index in [-0.39, 0.29) is 6.61 Å². The minimum atomic E-state index is -1.67. The van der Waals surface area contributed by atoms with Crippen molar-refractivity contribution in [2.45, 2.75) is 109 Å². The molecule has 0 aromatic heterocycles. The Bertz CT molecular complexity index is 1910. The largest absolute Gasteiger partial charge is 0.490 e. The molecule has 63 heavy (non-hydrogen) atoms. The van der Waals surface area contributed by atoms with Crippen LogP contribution >= 0.6 is 0 Å². The van der Waals surface area contributed by atoms with Gasteiger partial charge in [-0.3, -0.25) is 24.0 Å². The summed E-state index contributed by atoms with van der Waals surface area (Å²) in [6, 6.07) is 14.1. The lowest BCUT2D eigenvalue weighted by Gasteiger charge is -2.48. The number of hydrogen-bond donors (Lipinski definition) is 0. The third kappa shape index (κ3) is 15.7. The Kier molecular flexibility index (Phi) is 19.3. The Morgan fingerprint density at radius 1 is 0.603 bits per heavy atom. The van der Waals surface area contributed by atoms with Crippen LogP contribution in [0.2, 0.25) is 0 Å². The fourth-order valence-corrected chi connectivity index (χ4v) is 6.59. The van der Waals surface area contributed by atoms with Crippen molar-refractivity contribution in [2.75, 3.05) is 26.4 Å². The zero-order valence-corrected chi connectivity index (χ0v) is 36.0. The summed E-state index contributed by atoms with van der Waals surface area (Å²) in [5, 5.41) is 0. The van der Waals surface area contributed by atoms with Crippen LogP contribution in [0.25, 0.3) is 6.08 Å². The van der Waals surface area contributed by atoms with Gasteiger partial charge in [-0.2, -0.15) is 0 Å². The molecule has 2 aromatic rings. The highest BCUT2D eigenvalue weighted by atomic mass is 16.8. The molecule has 0 saturated carbocycles. The molecule has 2 aliphatic rings. The minimum Gasteiger partial charge on any atom is -0.490 e. The average molecular weight is 883 g/mol. The quantitative estimate of drug-likeness (QED) is 0.0746. The molecule has 342 valence electrons. The number of carbonyl (C=O) groups excluding carboxylic acids is 6. The molecular formula is C45H54O18. The minimum absolute atomic E-state index is 0.0153. The van der Waals surface area contributed by atoms with Crippen molar-refractivity contribution in [1.29, 1.82) is 0 Å². The van der Waals surface area contributed by atoms with Gasteiger partial charge in [-0.1, -0.05) is 49.6 Å². The zero-order valence-electron chi connectivity index (χ0n) is 36.0. The van der Waals surface area contributed by atoms with Crippen LogP contribution in [-0.4, -0.2) is 124 Å². The summed E-state index contributed by atoms with van der Waals surface area (Å²) < 4.78 is 69.8. The first-order valence-corrected chi connectivity index (χ1v) is 20.0. The summed E-state index contributed by atoms with van der Waals surface area (Å²) >= 11 is 0. The van der Waals surface area contributed by atoms with Crippen molar-refractivity contribution < 1.29 is 85.6 Å². The van der Waals surface area contributed by atoms with Crippen molar-refractivity contribution in [3.63, 3.8) is 0 Å². The normalized spacial score (nSPS) is 25.4. The molecule has 18 nitrogen and oxygen atoms in total. The van der Waals surface area contributed by atoms with Crippen molar-refractivity contribution in [2.24, 2.45) is 0 Å². The molecule has 2 aliphatic heterocycles. The number of benzene rings is 2. The first-order valence-electron chi connectivity index (χ1n) is 20.0. The Morgan fingerprint density at radius 2 is 1.10 bits per heavy atom. The molecule has 2 fully saturated rings. The van der Waals surface area contributed by atoms with Crippen LogP contribution in [0, 0.1) is 0 Å². The molecule has 2 saturated heterocycles. The highest BCUT2D eigenvalue weighted by molar-refractivity contribution is 5.87. The molecule has 0 unspecified atom stereocenters. The summed E-state index contributed by atoms with van der Waals surface area (Å²) in [4.78, 5) is 75.7. The molecule has 4 rings (SSSR count). The number of esters is 6. The van der Waals surface area contributed by atoms with Crippen molar-refractivity contribution in [3.8, 4) is 11.5 Å². The maximum absolute atomic E-state index is 13.1. The Morgan fingerprint density at radius 3 is 1.63 bits per heavy atom. The van der Waals surface area contributed by atoms with E-state index in [1.54, 1.807) is 48.6 Å². The van der Waals surface area contributed by atoms with E-state index in [2.05, 4.69) is 13.2 Å². The standard InChI is InChI=1S/C45H54O18/c1-9-22-52-34-16-11-32(12-17-34)15-20-37(51)55-25-36-39(58-28(5)47)41(63-45-43(61-31(8)50)40(59-29(6)48)38(26(3)56-45)57-27(4)46)42(60-30(7)49)44(62-36)54-24-21-33-13-18-35(19-14-33)53-23-10-2/h9-20,26,36,38-45H,1-2,21-25H2,3-8H3/b20-15+/t26-,36+,38-,39+,40+,41-,42+,43+,44+,45-/m0/s1. The van der Waals surface area contributed by atoms with Crippen LogP contribution in [0.4, 0.5) is 0 Å². The van der Waals surface area contributed by atoms with Crippen LogP contribution in [0.5, 0.6) is 11.5 Å². The highest BCUT2D eigenvalue weighted by Gasteiger charge is 2.57.